The topological polar surface area (TPSA) is 59.6 Å². The molecule has 0 amide bonds. The first-order valence-electron chi connectivity index (χ1n) is 4.74. The lowest BCUT2D eigenvalue weighted by Gasteiger charge is -2.05. The van der Waals surface area contributed by atoms with Gasteiger partial charge in [-0.05, 0) is 31.3 Å². The normalized spacial score (nSPS) is 10.5. The number of para-hydroxylation sites is 1. The Kier molecular flexibility index (Phi) is 2.55. The molecule has 0 unspecified atom stereocenters. The molecule has 0 saturated heterocycles. The number of aromatic amines is 1. The average Bonchev–Trinajstić information content (AvgIpc) is 2.60. The number of anilines is 1. The second-order valence-electron chi connectivity index (χ2n) is 3.18. The highest BCUT2D eigenvalue weighted by atomic mass is 32.1. The highest BCUT2D eigenvalue weighted by Gasteiger charge is 2.09. The fraction of sp³-hybridized carbons (Fsp3) is 0.200. The van der Waals surface area contributed by atoms with E-state index in [1.165, 1.54) is 0 Å². The van der Waals surface area contributed by atoms with E-state index in [0.29, 0.717) is 10.5 Å². The first kappa shape index (κ1) is 9.92. The minimum Gasteiger partial charge on any atom is -0.398 e. The predicted molar refractivity (Wildman–Crippen MR) is 62.9 cm³/mol. The number of rotatable bonds is 2. The summed E-state index contributed by atoms with van der Waals surface area (Å²) >= 11 is 5.12. The van der Waals surface area contributed by atoms with Crippen LogP contribution in [0.25, 0.3) is 11.4 Å². The zero-order valence-corrected chi connectivity index (χ0v) is 9.21. The van der Waals surface area contributed by atoms with Gasteiger partial charge in [-0.25, -0.2) is 0 Å². The molecule has 0 atom stereocenters. The first-order valence-corrected chi connectivity index (χ1v) is 5.15. The van der Waals surface area contributed by atoms with Gasteiger partial charge in [0.25, 0.3) is 0 Å². The average molecular weight is 220 g/mol. The van der Waals surface area contributed by atoms with Gasteiger partial charge in [-0.15, -0.1) is 0 Å². The van der Waals surface area contributed by atoms with Crippen molar-refractivity contribution in [2.75, 3.05) is 5.73 Å². The fourth-order valence-corrected chi connectivity index (χ4v) is 1.78. The van der Waals surface area contributed by atoms with E-state index >= 15 is 0 Å². The van der Waals surface area contributed by atoms with E-state index < -0.39 is 0 Å². The zero-order valence-electron chi connectivity index (χ0n) is 8.40. The molecule has 0 radical (unpaired) electrons. The highest BCUT2D eigenvalue weighted by molar-refractivity contribution is 7.71. The lowest BCUT2D eigenvalue weighted by Crippen LogP contribution is -1.99. The molecule has 0 aliphatic carbocycles. The Bertz CT molecular complexity index is 526. The molecule has 0 spiro atoms. The maximum Gasteiger partial charge on any atom is 0.195 e. The minimum absolute atomic E-state index is 0.621. The molecule has 0 aliphatic heterocycles. The van der Waals surface area contributed by atoms with E-state index in [1.54, 1.807) is 0 Å². The van der Waals surface area contributed by atoms with Crippen molar-refractivity contribution in [3.63, 3.8) is 0 Å². The van der Waals surface area contributed by atoms with Crippen molar-refractivity contribution in [3.05, 3.63) is 29.0 Å². The van der Waals surface area contributed by atoms with Gasteiger partial charge < -0.3 is 10.3 Å². The van der Waals surface area contributed by atoms with Crippen LogP contribution >= 0.6 is 12.2 Å². The van der Waals surface area contributed by atoms with Crippen LogP contribution in [0.2, 0.25) is 0 Å². The standard InChI is InChI=1S/C10H12N4S/c1-2-14-9(12-13-10(14)15)7-5-3-4-6-8(7)11/h3-6H,2,11H2,1H3,(H,13,15). The number of benzene rings is 1. The molecule has 5 heteroatoms. The van der Waals surface area contributed by atoms with E-state index in [0.717, 1.165) is 17.9 Å². The fourth-order valence-electron chi connectivity index (χ4n) is 1.52. The summed E-state index contributed by atoms with van der Waals surface area (Å²) in [6.45, 7) is 2.80. The molecular weight excluding hydrogens is 208 g/mol. The molecule has 3 N–H and O–H groups in total. The third kappa shape index (κ3) is 1.66. The number of nitrogen functional groups attached to an aromatic ring is 1. The van der Waals surface area contributed by atoms with Crippen LogP contribution in [0.4, 0.5) is 5.69 Å². The molecule has 0 saturated carbocycles. The largest absolute Gasteiger partial charge is 0.398 e. The van der Waals surface area contributed by atoms with E-state index in [9.17, 15) is 0 Å². The van der Waals surface area contributed by atoms with Crippen LogP contribution in [-0.2, 0) is 6.54 Å². The quantitative estimate of drug-likeness (QED) is 0.602. The van der Waals surface area contributed by atoms with E-state index in [4.69, 9.17) is 18.0 Å². The molecule has 1 heterocycles. The summed E-state index contributed by atoms with van der Waals surface area (Å²) in [6.07, 6.45) is 0. The van der Waals surface area contributed by atoms with E-state index in [1.807, 2.05) is 35.8 Å². The van der Waals surface area contributed by atoms with Crippen LogP contribution in [0, 0.1) is 4.77 Å². The van der Waals surface area contributed by atoms with Gasteiger partial charge in [0.2, 0.25) is 0 Å². The summed E-state index contributed by atoms with van der Waals surface area (Å²) in [5, 5.41) is 6.96. The number of nitrogens with zero attached hydrogens (tertiary/aromatic N) is 2. The third-order valence-electron chi connectivity index (χ3n) is 2.28. The van der Waals surface area contributed by atoms with Crippen molar-refractivity contribution in [1.82, 2.24) is 14.8 Å². The summed E-state index contributed by atoms with van der Waals surface area (Å²) in [4.78, 5) is 0. The summed E-state index contributed by atoms with van der Waals surface area (Å²) < 4.78 is 2.54. The monoisotopic (exact) mass is 220 g/mol. The Balaban J connectivity index is 2.64. The van der Waals surface area contributed by atoms with Crippen molar-refractivity contribution in [1.29, 1.82) is 0 Å². The van der Waals surface area contributed by atoms with Gasteiger partial charge in [-0.1, -0.05) is 12.1 Å². The zero-order chi connectivity index (χ0) is 10.8. The Labute approximate surface area is 92.7 Å². The molecule has 2 rings (SSSR count). The molecule has 0 aliphatic rings. The number of nitrogens with one attached hydrogen (secondary N) is 1. The first-order chi connectivity index (χ1) is 7.24. The maximum absolute atomic E-state index is 5.88. The Morgan fingerprint density at radius 3 is 2.87 bits per heavy atom. The third-order valence-corrected chi connectivity index (χ3v) is 2.59. The molecule has 0 bridgehead atoms. The number of hydrogen-bond donors (Lipinski definition) is 2. The Morgan fingerprint density at radius 2 is 2.20 bits per heavy atom. The van der Waals surface area contributed by atoms with Crippen molar-refractivity contribution in [2.24, 2.45) is 0 Å². The SMILES string of the molecule is CCn1c(-c2ccccc2N)n[nH]c1=S. The van der Waals surface area contributed by atoms with Gasteiger partial charge in [0.1, 0.15) is 0 Å². The second kappa shape index (κ2) is 3.86. The van der Waals surface area contributed by atoms with Crippen LogP contribution in [0.3, 0.4) is 0 Å². The van der Waals surface area contributed by atoms with Crippen LogP contribution in [-0.4, -0.2) is 14.8 Å². The highest BCUT2D eigenvalue weighted by Crippen LogP contribution is 2.23. The molecule has 1 aromatic heterocycles. The number of nitrogens with two attached hydrogens (primary N) is 1. The number of hydrogen-bond acceptors (Lipinski definition) is 3. The second-order valence-corrected chi connectivity index (χ2v) is 3.57. The Hall–Kier alpha value is -1.62. The van der Waals surface area contributed by atoms with Crippen LogP contribution in [0.1, 0.15) is 6.92 Å². The predicted octanol–water partition coefficient (Wildman–Crippen LogP) is 2.21. The van der Waals surface area contributed by atoms with Crippen molar-refractivity contribution in [3.8, 4) is 11.4 Å². The van der Waals surface area contributed by atoms with Gasteiger partial charge in [0.05, 0.1) is 0 Å². The molecule has 2 aromatic rings. The molecular formula is C10H12N4S. The molecule has 0 fully saturated rings. The van der Waals surface area contributed by atoms with Gasteiger partial charge >= 0.3 is 0 Å². The lowest BCUT2D eigenvalue weighted by atomic mass is 10.1. The van der Waals surface area contributed by atoms with Crippen LogP contribution in [0.5, 0.6) is 0 Å². The molecule has 4 nitrogen and oxygen atoms in total. The minimum atomic E-state index is 0.621. The lowest BCUT2D eigenvalue weighted by molar-refractivity contribution is 0.756. The van der Waals surface area contributed by atoms with Gasteiger partial charge in [0, 0.05) is 17.8 Å². The van der Waals surface area contributed by atoms with Gasteiger partial charge in [0.15, 0.2) is 10.6 Å². The van der Waals surface area contributed by atoms with Gasteiger partial charge in [-0.3, -0.25) is 5.10 Å². The van der Waals surface area contributed by atoms with Crippen LogP contribution in [0.15, 0.2) is 24.3 Å². The van der Waals surface area contributed by atoms with Crippen molar-refractivity contribution < 1.29 is 0 Å². The maximum atomic E-state index is 5.88. The van der Waals surface area contributed by atoms with Gasteiger partial charge in [-0.2, -0.15) is 5.10 Å². The summed E-state index contributed by atoms with van der Waals surface area (Å²) in [7, 11) is 0. The summed E-state index contributed by atoms with van der Waals surface area (Å²) in [5.74, 6) is 0.792. The van der Waals surface area contributed by atoms with E-state index in [-0.39, 0.29) is 0 Å². The smallest absolute Gasteiger partial charge is 0.195 e. The van der Waals surface area contributed by atoms with E-state index in [2.05, 4.69) is 10.2 Å². The summed E-state index contributed by atoms with van der Waals surface area (Å²) in [6, 6.07) is 7.62. The summed E-state index contributed by atoms with van der Waals surface area (Å²) in [5.41, 5.74) is 7.50. The molecule has 78 valence electrons. The number of aromatic nitrogens is 3. The van der Waals surface area contributed by atoms with Crippen molar-refractivity contribution >= 4 is 17.9 Å². The van der Waals surface area contributed by atoms with Crippen molar-refractivity contribution in [2.45, 2.75) is 13.5 Å². The van der Waals surface area contributed by atoms with Crippen LogP contribution < -0.4 is 5.73 Å². The number of H-pyrrole nitrogens is 1. The Morgan fingerprint density at radius 1 is 1.47 bits per heavy atom. The molecule has 1 aromatic carbocycles. The molecule has 15 heavy (non-hydrogen) atoms.